The predicted octanol–water partition coefficient (Wildman–Crippen LogP) is 5.42. The van der Waals surface area contributed by atoms with E-state index in [4.69, 9.17) is 16.1 Å². The maximum Gasteiger partial charge on any atom is 0.338 e. The summed E-state index contributed by atoms with van der Waals surface area (Å²) in [6.45, 7) is 1.53. The molecule has 2 aromatic carbocycles. The van der Waals surface area contributed by atoms with E-state index in [1.165, 1.54) is 6.66 Å². The number of hydrogen-bond acceptors (Lipinski definition) is 2. The molecule has 2 rings (SSSR count). The van der Waals surface area contributed by atoms with Crippen LogP contribution in [-0.2, 0) is 4.57 Å². The first-order chi connectivity index (χ1) is 8.94. The Morgan fingerprint density at radius 2 is 1.68 bits per heavy atom. The second-order valence-corrected chi connectivity index (χ2v) is 7.46. The van der Waals surface area contributed by atoms with Gasteiger partial charge in [-0.15, -0.1) is 0 Å². The van der Waals surface area contributed by atoms with Crippen LogP contribution in [0, 0.1) is 0 Å². The van der Waals surface area contributed by atoms with E-state index in [0.29, 0.717) is 10.8 Å². The molecule has 0 aliphatic heterocycles. The fourth-order valence-electron chi connectivity index (χ4n) is 1.48. The van der Waals surface area contributed by atoms with Crippen molar-refractivity contribution in [3.05, 3.63) is 58.0 Å². The van der Waals surface area contributed by atoms with E-state index >= 15 is 0 Å². The van der Waals surface area contributed by atoms with E-state index in [2.05, 4.69) is 21.0 Å². The summed E-state index contributed by atoms with van der Waals surface area (Å²) in [7, 11) is -2.97. The van der Waals surface area contributed by atoms with Gasteiger partial charge in [-0.05, 0) is 48.5 Å². The highest BCUT2D eigenvalue weighted by atomic mass is 79.9. The summed E-state index contributed by atoms with van der Waals surface area (Å²) < 4.78 is 18.8. The van der Waals surface area contributed by atoms with E-state index in [9.17, 15) is 4.57 Å². The highest BCUT2D eigenvalue weighted by molar-refractivity contribution is 9.10. The van der Waals surface area contributed by atoms with Crippen LogP contribution in [-0.4, -0.2) is 6.66 Å². The van der Waals surface area contributed by atoms with Crippen molar-refractivity contribution >= 4 is 40.7 Å². The third-order valence-corrected chi connectivity index (χ3v) is 4.27. The molecule has 0 aliphatic carbocycles. The lowest BCUT2D eigenvalue weighted by atomic mass is 10.3. The van der Waals surface area contributed by atoms with E-state index in [1.807, 2.05) is 24.3 Å². The minimum atomic E-state index is -2.97. The molecule has 6 heteroatoms. The summed E-state index contributed by atoms with van der Waals surface area (Å²) >= 11 is 9.13. The lowest BCUT2D eigenvalue weighted by Crippen LogP contribution is -2.01. The molecule has 0 saturated carbocycles. The van der Waals surface area contributed by atoms with E-state index < -0.39 is 7.52 Å². The molecule has 1 atom stereocenters. The van der Waals surface area contributed by atoms with Crippen LogP contribution in [0.2, 0.25) is 5.02 Å². The Labute approximate surface area is 125 Å². The molecule has 0 fully saturated rings. The van der Waals surface area contributed by atoms with Crippen LogP contribution < -0.4 is 9.61 Å². The van der Waals surface area contributed by atoms with Gasteiger partial charge in [0.25, 0.3) is 0 Å². The Hall–Kier alpha value is -0.960. The van der Waals surface area contributed by atoms with Gasteiger partial charge in [-0.3, -0.25) is 4.57 Å². The molecule has 0 saturated heterocycles. The van der Waals surface area contributed by atoms with Crippen molar-refractivity contribution in [1.82, 2.24) is 0 Å². The number of halogens is 2. The van der Waals surface area contributed by atoms with Crippen molar-refractivity contribution in [2.75, 3.05) is 11.8 Å². The van der Waals surface area contributed by atoms with Crippen LogP contribution in [0.3, 0.4) is 0 Å². The van der Waals surface area contributed by atoms with Gasteiger partial charge in [0.15, 0.2) is 0 Å². The fraction of sp³-hybridized carbons (Fsp3) is 0.0769. The SMILES string of the molecule is CP(=O)(Nc1ccc(Br)cc1)Oc1ccc(Cl)cc1. The van der Waals surface area contributed by atoms with Gasteiger partial charge in [-0.1, -0.05) is 27.5 Å². The third-order valence-electron chi connectivity index (χ3n) is 2.27. The van der Waals surface area contributed by atoms with Crippen LogP contribution in [0.25, 0.3) is 0 Å². The summed E-state index contributed by atoms with van der Waals surface area (Å²) in [5.41, 5.74) is 0.739. The zero-order valence-electron chi connectivity index (χ0n) is 10.1. The van der Waals surface area contributed by atoms with Gasteiger partial charge in [0.2, 0.25) is 0 Å². The second kappa shape index (κ2) is 6.00. The zero-order chi connectivity index (χ0) is 13.9. The molecule has 0 aliphatic rings. The van der Waals surface area contributed by atoms with Gasteiger partial charge in [0.1, 0.15) is 5.75 Å². The number of benzene rings is 2. The quantitative estimate of drug-likeness (QED) is 0.740. The minimum Gasteiger partial charge on any atom is -0.429 e. The van der Waals surface area contributed by atoms with Crippen LogP contribution >= 0.6 is 35.1 Å². The third kappa shape index (κ3) is 4.57. The Morgan fingerprint density at radius 3 is 2.26 bits per heavy atom. The van der Waals surface area contributed by atoms with E-state index in [1.54, 1.807) is 24.3 Å². The Balaban J connectivity index is 2.08. The van der Waals surface area contributed by atoms with Crippen molar-refractivity contribution < 1.29 is 9.09 Å². The van der Waals surface area contributed by atoms with Crippen molar-refractivity contribution in [3.8, 4) is 5.75 Å². The molecule has 19 heavy (non-hydrogen) atoms. The van der Waals surface area contributed by atoms with Crippen molar-refractivity contribution in [3.63, 3.8) is 0 Å². The molecule has 1 N–H and O–H groups in total. The van der Waals surface area contributed by atoms with E-state index in [-0.39, 0.29) is 0 Å². The van der Waals surface area contributed by atoms with Gasteiger partial charge >= 0.3 is 7.52 Å². The molecule has 2 aromatic rings. The van der Waals surface area contributed by atoms with Crippen LogP contribution in [0.15, 0.2) is 53.0 Å². The highest BCUT2D eigenvalue weighted by Gasteiger charge is 2.17. The first-order valence-electron chi connectivity index (χ1n) is 5.51. The van der Waals surface area contributed by atoms with Gasteiger partial charge < -0.3 is 9.61 Å². The van der Waals surface area contributed by atoms with Gasteiger partial charge in [-0.2, -0.15) is 0 Å². The molecule has 1 unspecified atom stereocenters. The predicted molar refractivity (Wildman–Crippen MR) is 83.4 cm³/mol. The maximum atomic E-state index is 12.3. The van der Waals surface area contributed by atoms with E-state index in [0.717, 1.165) is 10.2 Å². The standard InChI is InChI=1S/C13H12BrClNO2P/c1-19(17,16-12-6-2-10(14)3-7-12)18-13-8-4-11(15)5-9-13/h2-9H,1H3,(H,16,17). The molecule has 0 bridgehead atoms. The van der Waals surface area contributed by atoms with Gasteiger partial charge in [-0.25, -0.2) is 0 Å². The van der Waals surface area contributed by atoms with Crippen molar-refractivity contribution in [1.29, 1.82) is 0 Å². The van der Waals surface area contributed by atoms with Crippen LogP contribution in [0.5, 0.6) is 5.75 Å². The summed E-state index contributed by atoms with van der Waals surface area (Å²) in [5.74, 6) is 0.514. The summed E-state index contributed by atoms with van der Waals surface area (Å²) in [4.78, 5) is 0. The second-order valence-electron chi connectivity index (χ2n) is 4.01. The van der Waals surface area contributed by atoms with Crippen molar-refractivity contribution in [2.24, 2.45) is 0 Å². The summed E-state index contributed by atoms with van der Waals surface area (Å²) in [5, 5.41) is 3.50. The lowest BCUT2D eigenvalue weighted by molar-refractivity contribution is 0.493. The lowest BCUT2D eigenvalue weighted by Gasteiger charge is -2.17. The zero-order valence-corrected chi connectivity index (χ0v) is 13.4. The topological polar surface area (TPSA) is 38.3 Å². The average molecular weight is 361 g/mol. The number of anilines is 1. The molecule has 3 nitrogen and oxygen atoms in total. The van der Waals surface area contributed by atoms with Gasteiger partial charge in [0.05, 0.1) is 0 Å². The monoisotopic (exact) mass is 359 g/mol. The average Bonchev–Trinajstić information content (AvgIpc) is 2.34. The Kier molecular flexibility index (Phi) is 4.56. The molecule has 100 valence electrons. The smallest absolute Gasteiger partial charge is 0.338 e. The van der Waals surface area contributed by atoms with Gasteiger partial charge in [0, 0.05) is 21.8 Å². The first-order valence-corrected chi connectivity index (χ1v) is 8.75. The van der Waals surface area contributed by atoms with Crippen LogP contribution in [0.1, 0.15) is 0 Å². The highest BCUT2D eigenvalue weighted by Crippen LogP contribution is 2.43. The largest absolute Gasteiger partial charge is 0.429 e. The minimum absolute atomic E-state index is 0.514. The van der Waals surface area contributed by atoms with Crippen LogP contribution in [0.4, 0.5) is 5.69 Å². The molecule has 0 aromatic heterocycles. The Bertz CT molecular complexity index is 550. The molecule has 0 amide bonds. The molecule has 0 spiro atoms. The Morgan fingerprint density at radius 1 is 1.11 bits per heavy atom. The molecule has 0 radical (unpaired) electrons. The number of hydrogen-bond donors (Lipinski definition) is 1. The van der Waals surface area contributed by atoms with Crippen molar-refractivity contribution in [2.45, 2.75) is 0 Å². The molecule has 0 heterocycles. The summed E-state index contributed by atoms with van der Waals surface area (Å²) in [6, 6.07) is 14.1. The fourth-order valence-corrected chi connectivity index (χ4v) is 3.06. The maximum absolute atomic E-state index is 12.3. The normalized spacial score (nSPS) is 13.6. The summed E-state index contributed by atoms with van der Waals surface area (Å²) in [6.07, 6.45) is 0. The number of nitrogens with one attached hydrogen (secondary N) is 1. The first kappa shape index (κ1) is 14.4. The number of rotatable bonds is 4. The molecular formula is C13H12BrClNO2P. The molecular weight excluding hydrogens is 348 g/mol.